The minimum atomic E-state index is -0.291. The molecule has 18 heavy (non-hydrogen) atoms. The molecule has 0 aliphatic carbocycles. The Balaban J connectivity index is 2.19. The van der Waals surface area contributed by atoms with Gasteiger partial charge in [0.25, 0.3) is 0 Å². The summed E-state index contributed by atoms with van der Waals surface area (Å²) in [5.41, 5.74) is 7.32. The number of aldehydes is 1. The molecule has 0 fully saturated rings. The summed E-state index contributed by atoms with van der Waals surface area (Å²) in [4.78, 5) is 15.0. The first kappa shape index (κ1) is 12.2. The number of nitrogens with zero attached hydrogens (tertiary/aromatic N) is 1. The topological polar surface area (TPSA) is 56.0 Å². The number of carbonyl (C=O) groups excluding carboxylic acids is 1. The molecule has 0 amide bonds. The van der Waals surface area contributed by atoms with Crippen LogP contribution in [-0.4, -0.2) is 11.3 Å². The average molecular weight is 244 g/mol. The van der Waals surface area contributed by atoms with Crippen LogP contribution in [0.2, 0.25) is 0 Å². The van der Waals surface area contributed by atoms with Crippen LogP contribution >= 0.6 is 0 Å². The van der Waals surface area contributed by atoms with E-state index < -0.39 is 0 Å². The highest BCUT2D eigenvalue weighted by atomic mass is 19.1. The molecule has 2 rings (SSSR count). The second kappa shape index (κ2) is 5.40. The fourth-order valence-electron chi connectivity index (χ4n) is 1.82. The lowest BCUT2D eigenvalue weighted by Gasteiger charge is -2.11. The van der Waals surface area contributed by atoms with Crippen LogP contribution in [0.5, 0.6) is 0 Å². The lowest BCUT2D eigenvalue weighted by molar-refractivity contribution is -0.109. The van der Waals surface area contributed by atoms with Gasteiger partial charge in [0.15, 0.2) is 0 Å². The highest BCUT2D eigenvalue weighted by Gasteiger charge is 2.12. The standard InChI is InChI=1S/C14H13FN2O/c15-13-3-1-10(2-4-13)7-12(9-18)11-5-6-17-14(16)8-11/h1-6,8-9,12H,7H2,(H2,16,17). The fourth-order valence-corrected chi connectivity index (χ4v) is 1.82. The van der Waals surface area contributed by atoms with Gasteiger partial charge in [-0.1, -0.05) is 12.1 Å². The maximum atomic E-state index is 12.8. The van der Waals surface area contributed by atoms with Gasteiger partial charge in [-0.15, -0.1) is 0 Å². The number of nitrogens with two attached hydrogens (primary N) is 1. The van der Waals surface area contributed by atoms with Gasteiger partial charge in [-0.25, -0.2) is 9.37 Å². The van der Waals surface area contributed by atoms with Crippen LogP contribution in [0.25, 0.3) is 0 Å². The van der Waals surface area contributed by atoms with Crippen LogP contribution < -0.4 is 5.73 Å². The van der Waals surface area contributed by atoms with E-state index in [0.717, 1.165) is 17.4 Å². The molecular weight excluding hydrogens is 231 g/mol. The van der Waals surface area contributed by atoms with E-state index in [4.69, 9.17) is 5.73 Å². The second-order valence-corrected chi connectivity index (χ2v) is 4.09. The fraction of sp³-hybridized carbons (Fsp3) is 0.143. The van der Waals surface area contributed by atoms with E-state index in [1.165, 1.54) is 12.1 Å². The Morgan fingerprint density at radius 2 is 2.00 bits per heavy atom. The first-order chi connectivity index (χ1) is 8.69. The maximum absolute atomic E-state index is 12.8. The van der Waals surface area contributed by atoms with Crippen molar-refractivity contribution in [2.24, 2.45) is 0 Å². The summed E-state index contributed by atoms with van der Waals surface area (Å²) in [6, 6.07) is 9.57. The van der Waals surface area contributed by atoms with Gasteiger partial charge in [-0.2, -0.15) is 0 Å². The van der Waals surface area contributed by atoms with Gasteiger partial charge in [-0.3, -0.25) is 0 Å². The minimum absolute atomic E-state index is 0.283. The zero-order valence-corrected chi connectivity index (χ0v) is 9.71. The average Bonchev–Trinajstić information content (AvgIpc) is 2.38. The van der Waals surface area contributed by atoms with Crippen molar-refractivity contribution in [3.63, 3.8) is 0 Å². The Bertz CT molecular complexity index is 540. The molecule has 1 atom stereocenters. The van der Waals surface area contributed by atoms with Crippen LogP contribution in [0.15, 0.2) is 42.6 Å². The van der Waals surface area contributed by atoms with Gasteiger partial charge in [0.05, 0.1) is 0 Å². The number of hydrogen-bond acceptors (Lipinski definition) is 3. The number of benzene rings is 1. The number of anilines is 1. The Labute approximate surface area is 104 Å². The summed E-state index contributed by atoms with van der Waals surface area (Å²) >= 11 is 0. The predicted molar refractivity (Wildman–Crippen MR) is 67.6 cm³/mol. The first-order valence-electron chi connectivity index (χ1n) is 5.60. The summed E-state index contributed by atoms with van der Waals surface area (Å²) in [7, 11) is 0. The molecule has 3 nitrogen and oxygen atoms in total. The van der Waals surface area contributed by atoms with E-state index in [-0.39, 0.29) is 11.7 Å². The van der Waals surface area contributed by atoms with Crippen LogP contribution in [0.1, 0.15) is 17.0 Å². The van der Waals surface area contributed by atoms with Crippen molar-refractivity contribution in [2.45, 2.75) is 12.3 Å². The third kappa shape index (κ3) is 2.91. The predicted octanol–water partition coefficient (Wildman–Crippen LogP) is 2.33. The van der Waals surface area contributed by atoms with E-state index in [2.05, 4.69) is 4.98 Å². The summed E-state index contributed by atoms with van der Waals surface area (Å²) < 4.78 is 12.8. The molecule has 0 saturated heterocycles. The van der Waals surface area contributed by atoms with Gasteiger partial charge >= 0.3 is 0 Å². The molecule has 0 aliphatic heterocycles. The number of carbonyl (C=O) groups is 1. The zero-order chi connectivity index (χ0) is 13.0. The summed E-state index contributed by atoms with van der Waals surface area (Å²) in [5.74, 6) is -0.186. The largest absolute Gasteiger partial charge is 0.384 e. The van der Waals surface area contributed by atoms with Crippen LogP contribution in [0.3, 0.4) is 0 Å². The molecule has 0 spiro atoms. The van der Waals surface area contributed by atoms with Gasteiger partial charge in [0.2, 0.25) is 0 Å². The van der Waals surface area contributed by atoms with E-state index in [0.29, 0.717) is 12.2 Å². The highest BCUT2D eigenvalue weighted by molar-refractivity contribution is 5.63. The molecule has 4 heteroatoms. The SMILES string of the molecule is Nc1cc(C(C=O)Cc2ccc(F)cc2)ccn1. The molecule has 1 heterocycles. The molecule has 2 aromatic rings. The van der Waals surface area contributed by atoms with Gasteiger partial charge in [0.1, 0.15) is 17.9 Å². The van der Waals surface area contributed by atoms with Crippen LogP contribution in [0.4, 0.5) is 10.2 Å². The molecular formula is C14H13FN2O. The number of halogens is 1. The molecule has 1 unspecified atom stereocenters. The van der Waals surface area contributed by atoms with Gasteiger partial charge in [-0.05, 0) is 41.8 Å². The Kier molecular flexibility index (Phi) is 3.67. The molecule has 0 radical (unpaired) electrons. The van der Waals surface area contributed by atoms with Crippen molar-refractivity contribution in [2.75, 3.05) is 5.73 Å². The van der Waals surface area contributed by atoms with Crippen molar-refractivity contribution in [3.8, 4) is 0 Å². The van der Waals surface area contributed by atoms with Crippen molar-refractivity contribution in [1.82, 2.24) is 4.98 Å². The quantitative estimate of drug-likeness (QED) is 0.840. The number of pyridine rings is 1. The molecule has 0 aliphatic rings. The first-order valence-corrected chi connectivity index (χ1v) is 5.60. The lowest BCUT2D eigenvalue weighted by atomic mass is 9.94. The third-order valence-electron chi connectivity index (χ3n) is 2.77. The number of aromatic nitrogens is 1. The minimum Gasteiger partial charge on any atom is -0.384 e. The Hall–Kier alpha value is -2.23. The zero-order valence-electron chi connectivity index (χ0n) is 9.71. The van der Waals surface area contributed by atoms with Crippen molar-refractivity contribution in [1.29, 1.82) is 0 Å². The smallest absolute Gasteiger partial charge is 0.127 e. The van der Waals surface area contributed by atoms with Crippen molar-refractivity contribution in [3.05, 3.63) is 59.5 Å². The Morgan fingerprint density at radius 3 is 2.61 bits per heavy atom. The van der Waals surface area contributed by atoms with Crippen molar-refractivity contribution < 1.29 is 9.18 Å². The maximum Gasteiger partial charge on any atom is 0.127 e. The van der Waals surface area contributed by atoms with E-state index >= 15 is 0 Å². The number of hydrogen-bond donors (Lipinski definition) is 1. The molecule has 2 N–H and O–H groups in total. The lowest BCUT2D eigenvalue weighted by Crippen LogP contribution is -2.05. The molecule has 1 aromatic heterocycles. The monoisotopic (exact) mass is 244 g/mol. The van der Waals surface area contributed by atoms with Gasteiger partial charge < -0.3 is 10.5 Å². The normalized spacial score (nSPS) is 12.1. The number of rotatable bonds is 4. The van der Waals surface area contributed by atoms with E-state index in [9.17, 15) is 9.18 Å². The van der Waals surface area contributed by atoms with E-state index in [1.54, 1.807) is 30.5 Å². The summed E-state index contributed by atoms with van der Waals surface area (Å²) in [5, 5.41) is 0. The second-order valence-electron chi connectivity index (χ2n) is 4.09. The molecule has 92 valence electrons. The molecule has 0 bridgehead atoms. The summed E-state index contributed by atoms with van der Waals surface area (Å²) in [6.45, 7) is 0. The van der Waals surface area contributed by atoms with Crippen molar-refractivity contribution >= 4 is 12.1 Å². The Morgan fingerprint density at radius 1 is 1.28 bits per heavy atom. The molecule has 1 aromatic carbocycles. The third-order valence-corrected chi connectivity index (χ3v) is 2.77. The van der Waals surface area contributed by atoms with Crippen LogP contribution in [-0.2, 0) is 11.2 Å². The number of nitrogen functional groups attached to an aromatic ring is 1. The summed E-state index contributed by atoms with van der Waals surface area (Å²) in [6.07, 6.45) is 2.97. The van der Waals surface area contributed by atoms with Crippen LogP contribution in [0, 0.1) is 5.82 Å². The van der Waals surface area contributed by atoms with Gasteiger partial charge in [0, 0.05) is 12.1 Å². The van der Waals surface area contributed by atoms with E-state index in [1.807, 2.05) is 0 Å². The molecule has 0 saturated carbocycles. The highest BCUT2D eigenvalue weighted by Crippen LogP contribution is 2.20.